The molecule has 8 heteroatoms. The third-order valence-electron chi connectivity index (χ3n) is 4.69. The molecule has 26 heavy (non-hydrogen) atoms. The molecule has 0 spiro atoms. The summed E-state index contributed by atoms with van der Waals surface area (Å²) < 4.78 is 3.57. The van der Waals surface area contributed by atoms with Gasteiger partial charge < -0.3 is 5.32 Å². The molecule has 1 aliphatic rings. The summed E-state index contributed by atoms with van der Waals surface area (Å²) in [6, 6.07) is 6.45. The molecular weight excluding hydrogens is 360 g/mol. The van der Waals surface area contributed by atoms with Gasteiger partial charge in [0.25, 0.3) is 17.0 Å². The number of rotatable bonds is 6. The number of aromatic nitrogens is 1. The van der Waals surface area contributed by atoms with Gasteiger partial charge >= 0.3 is 4.75 Å². The Bertz CT molecular complexity index is 836. The first kappa shape index (κ1) is 18.3. The minimum atomic E-state index is -1.01. The summed E-state index contributed by atoms with van der Waals surface area (Å²) in [6.07, 6.45) is 4.26. The maximum Gasteiger partial charge on any atom is 0.378 e. The van der Waals surface area contributed by atoms with E-state index in [1.807, 2.05) is 0 Å². The van der Waals surface area contributed by atoms with Gasteiger partial charge in [-0.25, -0.2) is 4.98 Å². The number of pyridine rings is 1. The molecule has 1 saturated carbocycles. The predicted molar refractivity (Wildman–Crippen MR) is 99.0 cm³/mol. The van der Waals surface area contributed by atoms with Crippen molar-refractivity contribution in [3.8, 4) is 0 Å². The number of carbonyl (C=O) groups is 2. The normalized spacial score (nSPS) is 16.0. The van der Waals surface area contributed by atoms with Crippen molar-refractivity contribution in [2.45, 2.75) is 38.2 Å². The Labute approximate surface area is 154 Å². The Morgan fingerprint density at radius 2 is 2.04 bits per heavy atom. The largest absolute Gasteiger partial charge is 0.378 e. The van der Waals surface area contributed by atoms with E-state index < -0.39 is 12.0 Å². The van der Waals surface area contributed by atoms with E-state index in [-0.39, 0.29) is 11.6 Å². The molecule has 0 bridgehead atoms. The number of nitrogens with one attached hydrogen (secondary N) is 1. The van der Waals surface area contributed by atoms with Crippen LogP contribution < -0.4 is 5.32 Å². The molecule has 1 aliphatic carbocycles. The summed E-state index contributed by atoms with van der Waals surface area (Å²) in [4.78, 5) is 43.1. The fraction of sp³-hybridized carbons (Fsp3) is 0.389. The van der Waals surface area contributed by atoms with Crippen LogP contribution in [0.3, 0.4) is 0 Å². The molecule has 1 fully saturated rings. The summed E-state index contributed by atoms with van der Waals surface area (Å²) in [7, 11) is 0. The topological polar surface area (TPSA) is 96.7 Å². The lowest BCUT2D eigenvalue weighted by atomic mass is 9.85. The second kappa shape index (κ2) is 8.23. The van der Waals surface area contributed by atoms with Crippen LogP contribution in [0, 0.1) is 15.6 Å². The molecule has 1 aromatic heterocycles. The number of carbonyl (C=O) groups excluding carboxylic acids is 2. The van der Waals surface area contributed by atoms with Gasteiger partial charge in [-0.2, -0.15) is 0 Å². The highest BCUT2D eigenvalue weighted by atomic mass is 35.5. The average molecular weight is 378 g/mol. The zero-order chi connectivity index (χ0) is 18.5. The number of halogens is 1. The number of aldehydes is 1. The highest BCUT2D eigenvalue weighted by molar-refractivity contribution is 6.35. The van der Waals surface area contributed by atoms with Crippen LogP contribution in [0.15, 0.2) is 24.3 Å². The third kappa shape index (κ3) is 3.83. The summed E-state index contributed by atoms with van der Waals surface area (Å²) in [5.41, 5.74) is 1.15. The van der Waals surface area contributed by atoms with Crippen molar-refractivity contribution in [1.29, 1.82) is 0 Å². The summed E-state index contributed by atoms with van der Waals surface area (Å²) in [5.74, 6) is -0.590. The third-order valence-corrected chi connectivity index (χ3v) is 5.01. The molecule has 1 unspecified atom stereocenters. The molecule has 1 atom stereocenters. The highest BCUT2D eigenvalue weighted by Gasteiger charge is 2.37. The monoisotopic (exact) mass is 377 g/mol. The number of hydrogen-bond acceptors (Lipinski definition) is 5. The van der Waals surface area contributed by atoms with Crippen molar-refractivity contribution in [2.24, 2.45) is 5.92 Å². The molecule has 136 valence electrons. The molecule has 1 N–H and O–H groups in total. The first-order valence-corrected chi connectivity index (χ1v) is 8.82. The first-order chi connectivity index (χ1) is 12.6. The lowest BCUT2D eigenvalue weighted by Gasteiger charge is -2.23. The van der Waals surface area contributed by atoms with Gasteiger partial charge in [-0.05, 0) is 37.1 Å². The highest BCUT2D eigenvalue weighted by Crippen LogP contribution is 2.33. The lowest BCUT2D eigenvalue weighted by molar-refractivity contribution is -0.128. The molecule has 3 rings (SSSR count). The Balaban J connectivity index is 1.90. The molecule has 7 nitrogen and oxygen atoms in total. The van der Waals surface area contributed by atoms with Gasteiger partial charge in [-0.3, -0.25) is 9.59 Å². The van der Waals surface area contributed by atoms with E-state index >= 15 is 0 Å². The minimum Gasteiger partial charge on any atom is -0.321 e. The molecule has 2 aromatic rings. The molecular formula is C18H18ClN2O5+. The molecule has 0 radical (unpaired) electrons. The Kier molecular flexibility index (Phi) is 5.78. The van der Waals surface area contributed by atoms with E-state index in [9.17, 15) is 14.6 Å². The lowest BCUT2D eigenvalue weighted by Crippen LogP contribution is -2.37. The van der Waals surface area contributed by atoms with E-state index in [2.05, 4.69) is 15.0 Å². The van der Waals surface area contributed by atoms with Crippen molar-refractivity contribution in [3.05, 3.63) is 44.7 Å². The van der Waals surface area contributed by atoms with E-state index in [1.54, 1.807) is 18.2 Å². The fourth-order valence-corrected chi connectivity index (χ4v) is 3.61. The fourth-order valence-electron chi connectivity index (χ4n) is 3.40. The summed E-state index contributed by atoms with van der Waals surface area (Å²) in [6.45, 7) is 0. The van der Waals surface area contributed by atoms with Crippen LogP contribution in [0.25, 0.3) is 10.9 Å². The number of benzene rings is 1. The number of fused-ring (bicyclic) bond motifs is 1. The van der Waals surface area contributed by atoms with Gasteiger partial charge in [0.15, 0.2) is 6.29 Å². The maximum atomic E-state index is 12.7. The van der Waals surface area contributed by atoms with Gasteiger partial charge in [-0.1, -0.05) is 35.8 Å². The predicted octanol–water partition coefficient (Wildman–Crippen LogP) is 4.14. The molecule has 0 saturated heterocycles. The molecule has 1 amide bonds. The SMILES string of the molecule is O=Cc1ccc2c(NC(=O)C(O[O+]=O)C3CCCCC3)c(Cl)ccc2n1. The van der Waals surface area contributed by atoms with E-state index in [0.29, 0.717) is 27.9 Å². The number of hydrogen-bond donors (Lipinski definition) is 1. The average Bonchev–Trinajstić information content (AvgIpc) is 2.68. The van der Waals surface area contributed by atoms with Crippen LogP contribution >= 0.6 is 11.6 Å². The zero-order valence-corrected chi connectivity index (χ0v) is 14.7. The van der Waals surface area contributed by atoms with Gasteiger partial charge in [0.1, 0.15) is 5.69 Å². The minimum absolute atomic E-state index is 0.0914. The number of nitrogens with zero attached hydrogens (tertiary/aromatic N) is 1. The standard InChI is InChI=1S/C18H17ClN2O5/c19-14-8-9-15-13(7-6-12(10-22)20-15)16(14)21-18(23)17(25-26-24)11-4-2-1-3-5-11/h6-11,17H,1-5H2/p+1. The quantitative estimate of drug-likeness (QED) is 0.353. The summed E-state index contributed by atoms with van der Waals surface area (Å²) in [5, 5.41) is 3.63. The molecule has 1 aromatic carbocycles. The van der Waals surface area contributed by atoms with Crippen molar-refractivity contribution in [1.82, 2.24) is 4.98 Å². The maximum absolute atomic E-state index is 12.7. The van der Waals surface area contributed by atoms with Crippen LogP contribution in [0.5, 0.6) is 0 Å². The van der Waals surface area contributed by atoms with Crippen LogP contribution in [0.2, 0.25) is 5.02 Å². The molecule has 0 aliphatic heterocycles. The Morgan fingerprint density at radius 3 is 2.73 bits per heavy atom. The Morgan fingerprint density at radius 1 is 1.27 bits per heavy atom. The second-order valence-corrected chi connectivity index (χ2v) is 6.72. The van der Waals surface area contributed by atoms with Gasteiger partial charge in [-0.15, -0.1) is 0 Å². The van der Waals surface area contributed by atoms with Crippen molar-refractivity contribution >= 4 is 40.4 Å². The van der Waals surface area contributed by atoms with Crippen LogP contribution in [-0.2, 0) is 9.68 Å². The van der Waals surface area contributed by atoms with E-state index in [1.165, 1.54) is 6.07 Å². The van der Waals surface area contributed by atoms with Crippen molar-refractivity contribution in [3.63, 3.8) is 0 Å². The first-order valence-electron chi connectivity index (χ1n) is 8.44. The smallest absolute Gasteiger partial charge is 0.321 e. The van der Waals surface area contributed by atoms with Crippen LogP contribution in [0.1, 0.15) is 42.6 Å². The Hall–Kier alpha value is -2.54. The second-order valence-electron chi connectivity index (χ2n) is 6.32. The van der Waals surface area contributed by atoms with Crippen LogP contribution in [0.4, 0.5) is 5.69 Å². The zero-order valence-electron chi connectivity index (χ0n) is 13.9. The summed E-state index contributed by atoms with van der Waals surface area (Å²) >= 11 is 6.24. The molecule has 1 heterocycles. The van der Waals surface area contributed by atoms with Gasteiger partial charge in [0.2, 0.25) is 0 Å². The van der Waals surface area contributed by atoms with Gasteiger partial charge in [0, 0.05) is 11.3 Å². The van der Waals surface area contributed by atoms with Crippen molar-refractivity contribution in [2.75, 3.05) is 5.32 Å². The number of amides is 1. The van der Waals surface area contributed by atoms with Crippen molar-refractivity contribution < 1.29 is 14.5 Å². The van der Waals surface area contributed by atoms with Crippen LogP contribution in [-0.4, -0.2) is 23.3 Å². The van der Waals surface area contributed by atoms with E-state index in [0.717, 1.165) is 32.1 Å². The van der Waals surface area contributed by atoms with Gasteiger partial charge in [0.05, 0.1) is 16.2 Å². The number of anilines is 1. The van der Waals surface area contributed by atoms with E-state index in [4.69, 9.17) is 16.5 Å².